The molecule has 0 aliphatic heterocycles. The van der Waals surface area contributed by atoms with Crippen LogP contribution in [-0.4, -0.2) is 16.2 Å². The second kappa shape index (κ2) is 3.23. The van der Waals surface area contributed by atoms with Crippen molar-refractivity contribution in [3.63, 3.8) is 0 Å². The van der Waals surface area contributed by atoms with Gasteiger partial charge in [-0.15, -0.1) is 0 Å². The third-order valence-corrected chi connectivity index (χ3v) is 2.46. The molecule has 4 nitrogen and oxygen atoms in total. The van der Waals surface area contributed by atoms with Gasteiger partial charge in [0.05, 0.1) is 4.47 Å². The SMILES string of the molecule is O=C(O)c1cc2cc(Br)c(F)c(O)c2o1. The lowest BCUT2D eigenvalue weighted by atomic mass is 10.2. The lowest BCUT2D eigenvalue weighted by molar-refractivity contribution is 0.0665. The van der Waals surface area contributed by atoms with Crippen molar-refractivity contribution in [2.45, 2.75) is 0 Å². The molecule has 2 rings (SSSR count). The summed E-state index contributed by atoms with van der Waals surface area (Å²) in [6.45, 7) is 0. The van der Waals surface area contributed by atoms with E-state index in [9.17, 15) is 14.3 Å². The minimum atomic E-state index is -1.28. The summed E-state index contributed by atoms with van der Waals surface area (Å²) in [6, 6.07) is 2.54. The number of carboxylic acid groups (broad SMARTS) is 1. The molecule has 2 aromatic rings. The molecule has 0 fully saturated rings. The normalized spacial score (nSPS) is 10.8. The number of carbonyl (C=O) groups is 1. The maximum Gasteiger partial charge on any atom is 0.371 e. The molecule has 0 bridgehead atoms. The zero-order chi connectivity index (χ0) is 11.2. The molecule has 0 aliphatic rings. The van der Waals surface area contributed by atoms with Crippen LogP contribution in [-0.2, 0) is 0 Å². The molecule has 15 heavy (non-hydrogen) atoms. The Hall–Kier alpha value is -1.56. The molecule has 2 N–H and O–H groups in total. The number of furan rings is 1. The van der Waals surface area contributed by atoms with Crippen molar-refractivity contribution in [3.8, 4) is 5.75 Å². The van der Waals surface area contributed by atoms with Crippen LogP contribution in [0.4, 0.5) is 4.39 Å². The van der Waals surface area contributed by atoms with Crippen LogP contribution in [0.2, 0.25) is 0 Å². The molecule has 1 aromatic heterocycles. The van der Waals surface area contributed by atoms with Gasteiger partial charge in [0.1, 0.15) is 0 Å². The number of hydrogen-bond donors (Lipinski definition) is 2. The second-order valence-corrected chi connectivity index (χ2v) is 3.71. The van der Waals surface area contributed by atoms with E-state index in [1.54, 1.807) is 0 Å². The maximum absolute atomic E-state index is 13.2. The average molecular weight is 275 g/mol. The molecule has 0 atom stereocenters. The van der Waals surface area contributed by atoms with Crippen LogP contribution in [0.15, 0.2) is 21.0 Å². The van der Waals surface area contributed by atoms with E-state index in [1.807, 2.05) is 0 Å². The summed E-state index contributed by atoms with van der Waals surface area (Å²) < 4.78 is 18.0. The van der Waals surface area contributed by atoms with Crippen LogP contribution >= 0.6 is 15.9 Å². The topological polar surface area (TPSA) is 70.7 Å². The summed E-state index contributed by atoms with van der Waals surface area (Å²) in [4.78, 5) is 10.6. The highest BCUT2D eigenvalue weighted by Gasteiger charge is 2.18. The number of phenols is 1. The first-order valence-corrected chi connectivity index (χ1v) is 4.64. The van der Waals surface area contributed by atoms with Gasteiger partial charge in [-0.25, -0.2) is 9.18 Å². The number of rotatable bonds is 1. The smallest absolute Gasteiger partial charge is 0.371 e. The van der Waals surface area contributed by atoms with Crippen LogP contribution in [0, 0.1) is 5.82 Å². The van der Waals surface area contributed by atoms with Gasteiger partial charge in [-0.3, -0.25) is 0 Å². The molecule has 1 aromatic carbocycles. The van der Waals surface area contributed by atoms with Gasteiger partial charge in [-0.1, -0.05) is 0 Å². The minimum absolute atomic E-state index is 0.0465. The summed E-state index contributed by atoms with van der Waals surface area (Å²) in [6.07, 6.45) is 0. The quantitative estimate of drug-likeness (QED) is 0.839. The fourth-order valence-corrected chi connectivity index (χ4v) is 1.65. The molecule has 0 radical (unpaired) electrons. The predicted octanol–water partition coefficient (Wildman–Crippen LogP) is 2.74. The largest absolute Gasteiger partial charge is 0.502 e. The standard InChI is InChI=1S/C9H4BrFO4/c10-4-1-3-2-5(9(13)14)15-8(3)7(12)6(4)11/h1-2,12H,(H,13,14). The molecule has 0 saturated heterocycles. The number of benzene rings is 1. The van der Waals surface area contributed by atoms with Gasteiger partial charge in [-0.05, 0) is 28.1 Å². The van der Waals surface area contributed by atoms with Gasteiger partial charge in [0, 0.05) is 5.39 Å². The zero-order valence-corrected chi connectivity index (χ0v) is 8.71. The zero-order valence-electron chi connectivity index (χ0n) is 7.12. The summed E-state index contributed by atoms with van der Waals surface area (Å²) in [5, 5.41) is 18.3. The predicted molar refractivity (Wildman–Crippen MR) is 52.5 cm³/mol. The van der Waals surface area contributed by atoms with E-state index in [0.717, 1.165) is 0 Å². The highest BCUT2D eigenvalue weighted by molar-refractivity contribution is 9.10. The van der Waals surface area contributed by atoms with Crippen molar-refractivity contribution in [2.75, 3.05) is 0 Å². The maximum atomic E-state index is 13.2. The lowest BCUT2D eigenvalue weighted by Crippen LogP contribution is -1.91. The molecule has 0 spiro atoms. The Labute approximate surface area is 91.1 Å². The third kappa shape index (κ3) is 1.46. The Morgan fingerprint density at radius 2 is 2.13 bits per heavy atom. The lowest BCUT2D eigenvalue weighted by Gasteiger charge is -1.97. The number of aromatic hydroxyl groups is 1. The van der Waals surface area contributed by atoms with Crippen molar-refractivity contribution in [1.29, 1.82) is 0 Å². The molecular formula is C9H4BrFO4. The summed E-state index contributed by atoms with van der Waals surface area (Å²) >= 11 is 2.89. The summed E-state index contributed by atoms with van der Waals surface area (Å²) in [7, 11) is 0. The van der Waals surface area contributed by atoms with E-state index in [4.69, 9.17) is 9.52 Å². The highest BCUT2D eigenvalue weighted by Crippen LogP contribution is 2.35. The first-order chi connectivity index (χ1) is 7.00. The van der Waals surface area contributed by atoms with Gasteiger partial charge in [0.15, 0.2) is 17.1 Å². The fraction of sp³-hybridized carbons (Fsp3) is 0. The van der Waals surface area contributed by atoms with Crippen LogP contribution < -0.4 is 0 Å². The second-order valence-electron chi connectivity index (χ2n) is 2.86. The Morgan fingerprint density at radius 1 is 1.47 bits per heavy atom. The molecule has 1 heterocycles. The Bertz CT molecular complexity index is 561. The average Bonchev–Trinajstić information content (AvgIpc) is 2.58. The Balaban J connectivity index is 2.82. The van der Waals surface area contributed by atoms with Crippen molar-refractivity contribution >= 4 is 32.9 Å². The molecule has 0 aliphatic carbocycles. The summed E-state index contributed by atoms with van der Waals surface area (Å²) in [5.41, 5.74) is -0.173. The van der Waals surface area contributed by atoms with Crippen LogP contribution in [0.25, 0.3) is 11.0 Å². The molecule has 0 amide bonds. The van der Waals surface area contributed by atoms with E-state index in [2.05, 4.69) is 15.9 Å². The van der Waals surface area contributed by atoms with Crippen molar-refractivity contribution < 1.29 is 23.8 Å². The monoisotopic (exact) mass is 274 g/mol. The number of hydrogen-bond acceptors (Lipinski definition) is 3. The minimum Gasteiger partial charge on any atom is -0.502 e. The summed E-state index contributed by atoms with van der Waals surface area (Å²) in [5.74, 6) is -3.21. The number of aromatic carboxylic acids is 1. The third-order valence-electron chi connectivity index (χ3n) is 1.89. The van der Waals surface area contributed by atoms with Gasteiger partial charge in [0.25, 0.3) is 0 Å². The molecule has 0 saturated carbocycles. The van der Waals surface area contributed by atoms with E-state index in [0.29, 0.717) is 5.39 Å². The van der Waals surface area contributed by atoms with E-state index >= 15 is 0 Å². The number of phenolic OH excluding ortho intramolecular Hbond substituents is 1. The Morgan fingerprint density at radius 3 is 2.73 bits per heavy atom. The van der Waals surface area contributed by atoms with Gasteiger partial charge in [-0.2, -0.15) is 0 Å². The first kappa shape index (κ1) is 9.97. The van der Waals surface area contributed by atoms with Crippen molar-refractivity contribution in [2.24, 2.45) is 0 Å². The van der Waals surface area contributed by atoms with Gasteiger partial charge < -0.3 is 14.6 Å². The molecule has 0 unspecified atom stereocenters. The van der Waals surface area contributed by atoms with Crippen LogP contribution in [0.1, 0.15) is 10.6 Å². The van der Waals surface area contributed by atoms with E-state index in [-0.39, 0.29) is 15.8 Å². The van der Waals surface area contributed by atoms with Gasteiger partial charge in [0.2, 0.25) is 5.76 Å². The van der Waals surface area contributed by atoms with Crippen molar-refractivity contribution in [1.82, 2.24) is 0 Å². The van der Waals surface area contributed by atoms with Gasteiger partial charge >= 0.3 is 5.97 Å². The number of fused-ring (bicyclic) bond motifs is 1. The molecule has 78 valence electrons. The number of carboxylic acids is 1. The first-order valence-electron chi connectivity index (χ1n) is 3.84. The highest BCUT2D eigenvalue weighted by atomic mass is 79.9. The van der Waals surface area contributed by atoms with Crippen LogP contribution in [0.3, 0.4) is 0 Å². The van der Waals surface area contributed by atoms with E-state index in [1.165, 1.54) is 12.1 Å². The molecular weight excluding hydrogens is 271 g/mol. The fourth-order valence-electron chi connectivity index (χ4n) is 1.22. The molecule has 6 heteroatoms. The Kier molecular flexibility index (Phi) is 2.15. The van der Waals surface area contributed by atoms with E-state index < -0.39 is 17.5 Å². The van der Waals surface area contributed by atoms with Crippen LogP contribution in [0.5, 0.6) is 5.75 Å². The van der Waals surface area contributed by atoms with Crippen molar-refractivity contribution in [3.05, 3.63) is 28.2 Å². The number of halogens is 2.